The molecule has 0 saturated carbocycles. The minimum atomic E-state index is -5.03. The molecule has 1 amide bonds. The van der Waals surface area contributed by atoms with Gasteiger partial charge in [0.15, 0.2) is 14.7 Å². The number of hydrogen-bond acceptors (Lipinski definition) is 6. The Morgan fingerprint density at radius 2 is 1.96 bits per heavy atom. The van der Waals surface area contributed by atoms with Crippen molar-refractivity contribution in [2.24, 2.45) is 0 Å². The number of anilines is 1. The Morgan fingerprint density at radius 3 is 2.54 bits per heavy atom. The SMILES string of the molecule is CCS(=O)(=O)c1cccnc1C(=O)Nc1cc([S+]([O-])C(F)(F)F)ccc1O.Cl. The van der Waals surface area contributed by atoms with Crippen LogP contribution < -0.4 is 5.32 Å². The molecule has 1 atom stereocenters. The summed E-state index contributed by atoms with van der Waals surface area (Å²) < 4.78 is 73.3. The van der Waals surface area contributed by atoms with Crippen LogP contribution in [0.15, 0.2) is 46.3 Å². The highest BCUT2D eigenvalue weighted by molar-refractivity contribution is 7.92. The number of halogens is 4. The molecule has 1 unspecified atom stereocenters. The summed E-state index contributed by atoms with van der Waals surface area (Å²) in [7, 11) is -3.80. The number of carbonyl (C=O) groups is 1. The van der Waals surface area contributed by atoms with Gasteiger partial charge in [0.2, 0.25) is 0 Å². The molecule has 0 radical (unpaired) electrons. The van der Waals surface area contributed by atoms with Gasteiger partial charge in [-0.05, 0) is 24.3 Å². The second-order valence-corrected chi connectivity index (χ2v) is 8.82. The number of nitrogens with zero attached hydrogens (tertiary/aromatic N) is 1. The van der Waals surface area contributed by atoms with E-state index in [0.29, 0.717) is 6.07 Å². The zero-order valence-electron chi connectivity index (χ0n) is 14.1. The zero-order valence-corrected chi connectivity index (χ0v) is 16.5. The van der Waals surface area contributed by atoms with E-state index in [1.165, 1.54) is 19.2 Å². The molecule has 0 aliphatic carbocycles. The first-order valence-electron chi connectivity index (χ1n) is 7.28. The maximum atomic E-state index is 12.6. The maximum absolute atomic E-state index is 12.6. The third-order valence-corrected chi connectivity index (χ3v) is 6.20. The van der Waals surface area contributed by atoms with Crippen molar-refractivity contribution >= 4 is 45.0 Å². The number of phenolic OH excluding ortho intramolecular Hbond substituents is 1. The standard InChI is InChI=1S/C15H13F3N2O5S2.ClH/c1-2-27(24,25)12-4-3-7-19-13(12)14(22)20-10-8-9(5-6-11(10)21)26(23)15(16,17)18;/h3-8,21H,2H2,1H3,(H,20,22);1H. The van der Waals surface area contributed by atoms with Crippen LogP contribution in [-0.2, 0) is 21.0 Å². The monoisotopic (exact) mass is 458 g/mol. The molecule has 1 aromatic heterocycles. The van der Waals surface area contributed by atoms with E-state index in [2.05, 4.69) is 10.3 Å². The van der Waals surface area contributed by atoms with Crippen LogP contribution in [-0.4, -0.2) is 40.2 Å². The van der Waals surface area contributed by atoms with Gasteiger partial charge in [-0.15, -0.1) is 25.6 Å². The summed E-state index contributed by atoms with van der Waals surface area (Å²) in [6, 6.07) is 4.78. The van der Waals surface area contributed by atoms with E-state index in [1.807, 2.05) is 0 Å². The minimum Gasteiger partial charge on any atom is -0.604 e. The molecule has 0 bridgehead atoms. The average molecular weight is 459 g/mol. The third-order valence-electron chi connectivity index (χ3n) is 3.34. The molecule has 1 aromatic carbocycles. The van der Waals surface area contributed by atoms with Crippen LogP contribution in [0, 0.1) is 0 Å². The largest absolute Gasteiger partial charge is 0.604 e. The van der Waals surface area contributed by atoms with E-state index in [-0.39, 0.29) is 23.1 Å². The Hall–Kier alpha value is -2.02. The summed E-state index contributed by atoms with van der Waals surface area (Å²) in [6.07, 6.45) is 1.17. The predicted molar refractivity (Wildman–Crippen MR) is 97.7 cm³/mol. The number of aromatic nitrogens is 1. The van der Waals surface area contributed by atoms with Crippen molar-refractivity contribution in [3.63, 3.8) is 0 Å². The van der Waals surface area contributed by atoms with Crippen LogP contribution in [0.2, 0.25) is 0 Å². The molecular weight excluding hydrogens is 445 g/mol. The van der Waals surface area contributed by atoms with E-state index in [0.717, 1.165) is 18.2 Å². The molecule has 0 aliphatic heterocycles. The highest BCUT2D eigenvalue weighted by Gasteiger charge is 2.46. The number of sulfone groups is 1. The number of aromatic hydroxyl groups is 1. The van der Waals surface area contributed by atoms with Gasteiger partial charge in [0.25, 0.3) is 5.91 Å². The Bertz CT molecular complexity index is 970. The Balaban J connectivity index is 0.00000392. The number of carbonyl (C=O) groups excluding carboxylic acids is 1. The van der Waals surface area contributed by atoms with Gasteiger partial charge in [0.1, 0.15) is 11.4 Å². The summed E-state index contributed by atoms with van der Waals surface area (Å²) in [4.78, 5) is 15.0. The number of rotatable bonds is 5. The van der Waals surface area contributed by atoms with Gasteiger partial charge in [-0.3, -0.25) is 4.79 Å². The average Bonchev–Trinajstić information content (AvgIpc) is 2.62. The fourth-order valence-electron chi connectivity index (χ4n) is 2.01. The quantitative estimate of drug-likeness (QED) is 0.525. The molecule has 2 N–H and O–H groups in total. The molecule has 0 fully saturated rings. The molecular formula is C15H14ClF3N2O5S2. The first-order valence-corrected chi connectivity index (χ1v) is 10.1. The minimum absolute atomic E-state index is 0. The third kappa shape index (κ3) is 5.28. The van der Waals surface area contributed by atoms with Crippen molar-refractivity contribution < 1.29 is 36.0 Å². The lowest BCUT2D eigenvalue weighted by Crippen LogP contribution is -2.23. The summed E-state index contributed by atoms with van der Waals surface area (Å²) in [5, 5.41) is 11.8. The van der Waals surface area contributed by atoms with E-state index in [9.17, 15) is 36.0 Å². The van der Waals surface area contributed by atoms with Crippen molar-refractivity contribution in [2.75, 3.05) is 11.1 Å². The van der Waals surface area contributed by atoms with Gasteiger partial charge in [0.05, 0.1) is 27.5 Å². The predicted octanol–water partition coefficient (Wildman–Crippen LogP) is 2.88. The Kier molecular flexibility index (Phi) is 7.71. The van der Waals surface area contributed by atoms with Gasteiger partial charge in [-0.2, -0.15) is 0 Å². The summed E-state index contributed by atoms with van der Waals surface area (Å²) in [5.41, 5.74) is -5.98. The number of amides is 1. The van der Waals surface area contributed by atoms with Crippen LogP contribution in [0.1, 0.15) is 17.4 Å². The highest BCUT2D eigenvalue weighted by Crippen LogP contribution is 2.34. The number of alkyl halides is 3. The topological polar surface area (TPSA) is 119 Å². The lowest BCUT2D eigenvalue weighted by molar-refractivity contribution is -0.0435. The first kappa shape index (κ1) is 24.0. The van der Waals surface area contributed by atoms with Crippen molar-refractivity contribution in [2.45, 2.75) is 22.2 Å². The molecule has 2 rings (SSSR count). The second kappa shape index (κ2) is 8.99. The van der Waals surface area contributed by atoms with Crippen molar-refractivity contribution in [3.05, 3.63) is 42.2 Å². The van der Waals surface area contributed by atoms with Gasteiger partial charge >= 0.3 is 5.51 Å². The second-order valence-electron chi connectivity index (χ2n) is 5.10. The normalized spacial score (nSPS) is 12.8. The zero-order chi connectivity index (χ0) is 20.4. The van der Waals surface area contributed by atoms with E-state index >= 15 is 0 Å². The fraction of sp³-hybridized carbons (Fsp3) is 0.200. The van der Waals surface area contributed by atoms with Crippen LogP contribution in [0.5, 0.6) is 5.75 Å². The number of benzene rings is 1. The molecule has 154 valence electrons. The fourth-order valence-corrected chi connectivity index (χ4v) is 3.73. The maximum Gasteiger partial charge on any atom is 0.578 e. The smallest absolute Gasteiger partial charge is 0.578 e. The van der Waals surface area contributed by atoms with Crippen molar-refractivity contribution in [1.82, 2.24) is 4.98 Å². The molecule has 13 heteroatoms. The van der Waals surface area contributed by atoms with E-state index in [4.69, 9.17) is 0 Å². The lowest BCUT2D eigenvalue weighted by atomic mass is 10.2. The van der Waals surface area contributed by atoms with E-state index < -0.39 is 54.5 Å². The van der Waals surface area contributed by atoms with Gasteiger partial charge in [-0.1, -0.05) is 6.92 Å². The first-order chi connectivity index (χ1) is 12.5. The molecule has 7 nitrogen and oxygen atoms in total. The molecule has 1 heterocycles. The molecule has 28 heavy (non-hydrogen) atoms. The van der Waals surface area contributed by atoms with Crippen molar-refractivity contribution in [1.29, 1.82) is 0 Å². The van der Waals surface area contributed by atoms with Crippen LogP contribution in [0.4, 0.5) is 18.9 Å². The summed E-state index contributed by atoms with van der Waals surface area (Å²) in [6.45, 7) is 1.37. The molecule has 0 saturated heterocycles. The number of pyridine rings is 1. The van der Waals surface area contributed by atoms with Crippen LogP contribution in [0.25, 0.3) is 0 Å². The van der Waals surface area contributed by atoms with Gasteiger partial charge < -0.3 is 15.0 Å². The highest BCUT2D eigenvalue weighted by atomic mass is 35.5. The van der Waals surface area contributed by atoms with Crippen LogP contribution in [0.3, 0.4) is 0 Å². The number of phenols is 1. The Labute approximate surface area is 167 Å². The van der Waals surface area contributed by atoms with E-state index in [1.54, 1.807) is 0 Å². The molecule has 0 spiro atoms. The van der Waals surface area contributed by atoms with Crippen molar-refractivity contribution in [3.8, 4) is 5.75 Å². The lowest BCUT2D eigenvalue weighted by Gasteiger charge is -2.14. The molecule has 0 aliphatic rings. The van der Waals surface area contributed by atoms with Crippen LogP contribution >= 0.6 is 12.4 Å². The van der Waals surface area contributed by atoms with Gasteiger partial charge in [-0.25, -0.2) is 13.4 Å². The van der Waals surface area contributed by atoms with Gasteiger partial charge in [0, 0.05) is 12.3 Å². The molecule has 2 aromatic rings. The summed E-state index contributed by atoms with van der Waals surface area (Å²) >= 11 is -3.37. The summed E-state index contributed by atoms with van der Waals surface area (Å²) in [5.74, 6) is -1.96. The Morgan fingerprint density at radius 1 is 1.32 bits per heavy atom. The number of nitrogens with one attached hydrogen (secondary N) is 1. The number of hydrogen-bond donors (Lipinski definition) is 2.